The maximum Gasteiger partial charge on any atom is 2.00 e. The normalized spacial score (nSPS) is 9.50. The van der Waals surface area contributed by atoms with Gasteiger partial charge in [0, 0.05) is 26.2 Å². The van der Waals surface area contributed by atoms with E-state index in [1.54, 1.807) is 0 Å². The number of nitrogens with zero attached hydrogens (tertiary/aromatic N) is 4. The van der Waals surface area contributed by atoms with Crippen LogP contribution in [0, 0.1) is 6.07 Å². The van der Waals surface area contributed by atoms with Crippen LogP contribution in [0.1, 0.15) is 0 Å². The zero-order chi connectivity index (χ0) is 17.4. The maximum absolute atomic E-state index is 2.89. The Bertz CT molecular complexity index is 250. The zero-order valence-electron chi connectivity index (χ0n) is 17.1. The smallest absolute Gasteiger partial charge is 1.00 e. The van der Waals surface area contributed by atoms with E-state index in [1.165, 1.54) is 0 Å². The van der Waals surface area contributed by atoms with Crippen LogP contribution in [0.2, 0.25) is 0 Å². The van der Waals surface area contributed by atoms with E-state index in [4.69, 9.17) is 0 Å². The number of rotatable bonds is 6. The number of benzene rings is 1. The Morgan fingerprint density at radius 1 is 0.542 bits per heavy atom. The van der Waals surface area contributed by atoms with Crippen LogP contribution < -0.4 is 24.0 Å². The van der Waals surface area contributed by atoms with Gasteiger partial charge in [-0.05, 0) is 56.4 Å². The van der Waals surface area contributed by atoms with E-state index in [-0.39, 0.29) is 61.7 Å². The molecule has 1 rings (SSSR count). The van der Waals surface area contributed by atoms with Gasteiger partial charge in [0.25, 0.3) is 0 Å². The summed E-state index contributed by atoms with van der Waals surface area (Å²) in [7, 11) is 16.7. The van der Waals surface area contributed by atoms with Crippen LogP contribution >= 0.6 is 0 Å². The van der Waals surface area contributed by atoms with Crippen LogP contribution in [0.25, 0.3) is 0 Å². The molecule has 0 heterocycles. The Morgan fingerprint density at radius 3 is 0.875 bits per heavy atom. The van der Waals surface area contributed by atoms with Crippen molar-refractivity contribution in [2.75, 3.05) is 82.6 Å². The summed E-state index contributed by atoms with van der Waals surface area (Å²) in [5.41, 5.74) is 0. The summed E-state index contributed by atoms with van der Waals surface area (Å²) in [6.45, 7) is 4.58. The molecule has 0 atom stereocenters. The first kappa shape index (κ1) is 32.7. The molecule has 0 unspecified atom stereocenters. The SMILES string of the molecule is CN(C)CCN(C)C.CN(C)CCN(C)C.[Ca+2].[I-].[c-]1ccccc1. The average Bonchev–Trinajstić information content (AvgIpc) is 2.46. The fourth-order valence-corrected chi connectivity index (χ4v) is 1.14. The predicted octanol–water partition coefficient (Wildman–Crippen LogP) is -1.67. The number of likely N-dealkylation sites (N-methyl/N-ethyl adjacent to an activating group) is 4. The first-order valence-corrected chi connectivity index (χ1v) is 7.75. The fourth-order valence-electron chi connectivity index (χ4n) is 1.14. The molecular weight excluding hydrogens is 439 g/mol. The first-order chi connectivity index (χ1) is 10.3. The molecule has 6 heteroatoms. The van der Waals surface area contributed by atoms with Crippen molar-refractivity contribution in [2.45, 2.75) is 0 Å². The summed E-state index contributed by atoms with van der Waals surface area (Å²) >= 11 is 0. The molecule has 0 spiro atoms. The molecule has 0 N–H and O–H groups in total. The molecule has 138 valence electrons. The summed E-state index contributed by atoms with van der Waals surface area (Å²) < 4.78 is 0. The number of halogens is 1. The molecule has 4 nitrogen and oxygen atoms in total. The van der Waals surface area contributed by atoms with Gasteiger partial charge in [-0.3, -0.25) is 0 Å². The van der Waals surface area contributed by atoms with Crippen molar-refractivity contribution in [3.05, 3.63) is 36.4 Å². The summed E-state index contributed by atoms with van der Waals surface area (Å²) in [6.07, 6.45) is 0. The van der Waals surface area contributed by atoms with Crippen LogP contribution in [0.3, 0.4) is 0 Å². The largest absolute Gasteiger partial charge is 2.00 e. The number of hydrogen-bond acceptors (Lipinski definition) is 4. The van der Waals surface area contributed by atoms with Gasteiger partial charge < -0.3 is 43.6 Å². The molecule has 0 saturated carbocycles. The van der Waals surface area contributed by atoms with Crippen molar-refractivity contribution in [3.8, 4) is 0 Å². The van der Waals surface area contributed by atoms with Gasteiger partial charge in [0.15, 0.2) is 0 Å². The third kappa shape index (κ3) is 38.6. The first-order valence-electron chi connectivity index (χ1n) is 7.75. The minimum atomic E-state index is 0. The minimum Gasteiger partial charge on any atom is -1.00 e. The zero-order valence-corrected chi connectivity index (χ0v) is 21.5. The maximum atomic E-state index is 2.89. The monoisotopic (exact) mass is 476 g/mol. The summed E-state index contributed by atoms with van der Waals surface area (Å²) in [5.74, 6) is 0. The molecule has 24 heavy (non-hydrogen) atoms. The van der Waals surface area contributed by atoms with E-state index >= 15 is 0 Å². The van der Waals surface area contributed by atoms with Gasteiger partial charge in [-0.2, -0.15) is 36.4 Å². The second-order valence-corrected chi connectivity index (χ2v) is 6.29. The van der Waals surface area contributed by atoms with E-state index in [2.05, 4.69) is 82.0 Å². The van der Waals surface area contributed by atoms with Gasteiger partial charge in [0.1, 0.15) is 0 Å². The molecule has 0 amide bonds. The predicted molar refractivity (Wildman–Crippen MR) is 105 cm³/mol. The topological polar surface area (TPSA) is 13.0 Å². The Balaban J connectivity index is -0.000000121. The van der Waals surface area contributed by atoms with Crippen molar-refractivity contribution in [1.29, 1.82) is 0 Å². The van der Waals surface area contributed by atoms with Gasteiger partial charge in [-0.1, -0.05) is 0 Å². The Morgan fingerprint density at radius 2 is 0.792 bits per heavy atom. The van der Waals surface area contributed by atoms with Crippen molar-refractivity contribution in [2.24, 2.45) is 0 Å². The molecule has 1 aromatic rings. The molecule has 0 aromatic heterocycles. The molecule has 0 aliphatic rings. The summed E-state index contributed by atoms with van der Waals surface area (Å²) in [5, 5.41) is 0. The molecule has 0 aliphatic heterocycles. The Hall–Kier alpha value is 1.05. The van der Waals surface area contributed by atoms with Crippen LogP contribution in [0.5, 0.6) is 0 Å². The van der Waals surface area contributed by atoms with E-state index in [1.807, 2.05) is 30.3 Å². The standard InChI is InChI=1S/2C6H16N2.C6H5.Ca.HI/c2*1-7(2)5-6-8(3)4;1-2-4-6-5-3-1;;/h2*5-6H2,1-4H3;1-5H;;1H/q;;-1;+2;/p-1. The van der Waals surface area contributed by atoms with Gasteiger partial charge in [0.05, 0.1) is 0 Å². The molecule has 0 bridgehead atoms. The third-order valence-electron chi connectivity index (χ3n) is 2.60. The Labute approximate surface area is 198 Å². The van der Waals surface area contributed by atoms with Crippen molar-refractivity contribution < 1.29 is 24.0 Å². The van der Waals surface area contributed by atoms with Crippen LogP contribution in [-0.2, 0) is 0 Å². The quantitative estimate of drug-likeness (QED) is 0.277. The van der Waals surface area contributed by atoms with Crippen molar-refractivity contribution in [3.63, 3.8) is 0 Å². The second-order valence-electron chi connectivity index (χ2n) is 6.29. The van der Waals surface area contributed by atoms with E-state index in [9.17, 15) is 0 Å². The van der Waals surface area contributed by atoms with E-state index < -0.39 is 0 Å². The van der Waals surface area contributed by atoms with Crippen molar-refractivity contribution in [1.82, 2.24) is 19.6 Å². The van der Waals surface area contributed by atoms with Crippen LogP contribution in [0.4, 0.5) is 0 Å². The van der Waals surface area contributed by atoms with E-state index in [0.29, 0.717) is 0 Å². The summed E-state index contributed by atoms with van der Waals surface area (Å²) in [6, 6.07) is 12.5. The van der Waals surface area contributed by atoms with Gasteiger partial charge in [0.2, 0.25) is 0 Å². The average molecular weight is 477 g/mol. The van der Waals surface area contributed by atoms with Crippen LogP contribution in [0.15, 0.2) is 30.3 Å². The fraction of sp³-hybridized carbons (Fsp3) is 0.667. The molecule has 0 saturated heterocycles. The molecule has 1 aromatic carbocycles. The Kier molecular flexibility index (Phi) is 32.8. The molecular formula is C18H37CaIN4. The molecule has 0 aliphatic carbocycles. The number of hydrogen-bond donors (Lipinski definition) is 0. The van der Waals surface area contributed by atoms with E-state index in [0.717, 1.165) is 26.2 Å². The van der Waals surface area contributed by atoms with Gasteiger partial charge in [-0.25, -0.2) is 0 Å². The molecule has 0 fully saturated rings. The molecule has 0 radical (unpaired) electrons. The minimum absolute atomic E-state index is 0. The second kappa shape index (κ2) is 24.0. The van der Waals surface area contributed by atoms with Gasteiger partial charge >= 0.3 is 37.7 Å². The third-order valence-corrected chi connectivity index (χ3v) is 2.60. The summed E-state index contributed by atoms with van der Waals surface area (Å²) in [4.78, 5) is 8.72. The van der Waals surface area contributed by atoms with Crippen LogP contribution in [-0.4, -0.2) is 140 Å². The van der Waals surface area contributed by atoms with Crippen molar-refractivity contribution >= 4 is 37.7 Å². The van der Waals surface area contributed by atoms with Gasteiger partial charge in [-0.15, -0.1) is 0 Å².